The summed E-state index contributed by atoms with van der Waals surface area (Å²) in [7, 11) is -4.45. The Morgan fingerprint density at radius 1 is 1.04 bits per heavy atom. The summed E-state index contributed by atoms with van der Waals surface area (Å²) < 4.78 is 66.7. The molecule has 0 amide bonds. The highest BCUT2D eigenvalue weighted by Gasteiger charge is 2.38. The lowest BCUT2D eigenvalue weighted by Gasteiger charge is -2.18. The summed E-state index contributed by atoms with van der Waals surface area (Å²) in [6.07, 6.45) is 0.489. The minimum absolute atomic E-state index is 0.141. The van der Waals surface area contributed by atoms with E-state index in [9.17, 15) is 21.6 Å². The number of aromatic nitrogens is 2. The highest BCUT2D eigenvalue weighted by molar-refractivity contribution is 7.89. The number of rotatable bonds is 3. The number of alkyl halides is 3. The Morgan fingerprint density at radius 3 is 2.43 bits per heavy atom. The lowest BCUT2D eigenvalue weighted by molar-refractivity contribution is -0.137. The first kappa shape index (κ1) is 18.7. The van der Waals surface area contributed by atoms with Gasteiger partial charge in [-0.2, -0.15) is 18.3 Å². The standard InChI is InChI=1S/C19H16F3N3O2S/c20-19(21,22)16-10-15(14-6-5-12-3-1-4-13(12)9-14)11-17(28(23,26)27)18(16)25-8-2-7-24-25/h2,5-11H,1,3-4H2,(H2,23,26,27). The molecule has 5 nitrogen and oxygen atoms in total. The Balaban J connectivity index is 2.02. The molecule has 0 fully saturated rings. The molecule has 4 rings (SSSR count). The Labute approximate surface area is 159 Å². The number of hydrogen-bond acceptors (Lipinski definition) is 3. The van der Waals surface area contributed by atoms with Crippen molar-refractivity contribution in [3.05, 3.63) is 65.5 Å². The SMILES string of the molecule is NS(=O)(=O)c1cc(-c2ccc3c(c2)CCC3)cc(C(F)(F)F)c1-n1cccn1. The molecule has 2 N–H and O–H groups in total. The summed E-state index contributed by atoms with van der Waals surface area (Å²) in [5.74, 6) is 0. The first-order chi connectivity index (χ1) is 13.1. The average Bonchev–Trinajstić information content (AvgIpc) is 3.30. The fraction of sp³-hybridized carbons (Fsp3) is 0.211. The number of benzene rings is 2. The molecule has 1 heterocycles. The number of sulfonamides is 1. The van der Waals surface area contributed by atoms with Crippen LogP contribution in [0.25, 0.3) is 16.8 Å². The Kier molecular flexibility index (Phi) is 4.31. The van der Waals surface area contributed by atoms with Crippen molar-refractivity contribution in [2.75, 3.05) is 0 Å². The first-order valence-electron chi connectivity index (χ1n) is 8.55. The molecule has 0 bridgehead atoms. The van der Waals surface area contributed by atoms with Crippen molar-refractivity contribution in [2.24, 2.45) is 5.14 Å². The van der Waals surface area contributed by atoms with Crippen molar-refractivity contribution >= 4 is 10.0 Å². The number of aryl methyl sites for hydroxylation is 2. The topological polar surface area (TPSA) is 78.0 Å². The molecular weight excluding hydrogens is 391 g/mol. The number of hydrogen-bond donors (Lipinski definition) is 1. The fourth-order valence-corrected chi connectivity index (χ4v) is 4.36. The molecule has 0 saturated carbocycles. The van der Waals surface area contributed by atoms with Crippen LogP contribution in [0.1, 0.15) is 23.1 Å². The molecule has 0 radical (unpaired) electrons. The third kappa shape index (κ3) is 3.31. The maximum absolute atomic E-state index is 13.8. The highest BCUT2D eigenvalue weighted by Crippen LogP contribution is 2.40. The van der Waals surface area contributed by atoms with Crippen LogP contribution >= 0.6 is 0 Å². The molecule has 1 aliphatic rings. The first-order valence-corrected chi connectivity index (χ1v) is 10.1. The molecule has 146 valence electrons. The molecule has 0 spiro atoms. The molecule has 2 aromatic carbocycles. The number of halogens is 3. The molecular formula is C19H16F3N3O2S. The van der Waals surface area contributed by atoms with Crippen molar-refractivity contribution in [1.29, 1.82) is 0 Å². The van der Waals surface area contributed by atoms with Crippen LogP contribution in [-0.2, 0) is 29.0 Å². The Bertz CT molecular complexity index is 1150. The zero-order valence-electron chi connectivity index (χ0n) is 14.6. The molecule has 0 saturated heterocycles. The van der Waals surface area contributed by atoms with Crippen LogP contribution in [-0.4, -0.2) is 18.2 Å². The minimum atomic E-state index is -4.80. The molecule has 0 unspecified atom stereocenters. The number of primary sulfonamides is 1. The van der Waals surface area contributed by atoms with Crippen LogP contribution in [0.2, 0.25) is 0 Å². The van der Waals surface area contributed by atoms with Gasteiger partial charge in [0, 0.05) is 12.4 Å². The zero-order chi connectivity index (χ0) is 20.1. The summed E-state index contributed by atoms with van der Waals surface area (Å²) in [5, 5.41) is 9.06. The van der Waals surface area contributed by atoms with Gasteiger partial charge in [0.15, 0.2) is 0 Å². The number of fused-ring (bicyclic) bond motifs is 1. The summed E-state index contributed by atoms with van der Waals surface area (Å²) in [6, 6.07) is 8.93. The van der Waals surface area contributed by atoms with Crippen molar-refractivity contribution in [3.63, 3.8) is 0 Å². The van der Waals surface area contributed by atoms with E-state index in [2.05, 4.69) is 5.10 Å². The van der Waals surface area contributed by atoms with E-state index in [0.29, 0.717) is 5.56 Å². The van der Waals surface area contributed by atoms with E-state index >= 15 is 0 Å². The lowest BCUT2D eigenvalue weighted by Crippen LogP contribution is -2.20. The smallest absolute Gasteiger partial charge is 0.239 e. The fourth-order valence-electron chi connectivity index (χ4n) is 3.60. The molecule has 1 aromatic heterocycles. The van der Waals surface area contributed by atoms with Crippen LogP contribution in [0, 0.1) is 0 Å². The third-order valence-corrected chi connectivity index (χ3v) is 5.78. The van der Waals surface area contributed by atoms with Gasteiger partial charge < -0.3 is 0 Å². The molecule has 28 heavy (non-hydrogen) atoms. The molecule has 3 aromatic rings. The number of nitrogens with two attached hydrogens (primary N) is 1. The predicted molar refractivity (Wildman–Crippen MR) is 97.4 cm³/mol. The van der Waals surface area contributed by atoms with Gasteiger partial charge in [-0.3, -0.25) is 0 Å². The van der Waals surface area contributed by atoms with Gasteiger partial charge in [-0.15, -0.1) is 0 Å². The molecule has 1 aliphatic carbocycles. The van der Waals surface area contributed by atoms with E-state index in [1.54, 1.807) is 6.07 Å². The van der Waals surface area contributed by atoms with Gasteiger partial charge in [-0.05, 0) is 59.7 Å². The van der Waals surface area contributed by atoms with Crippen LogP contribution in [0.15, 0.2) is 53.7 Å². The van der Waals surface area contributed by atoms with Gasteiger partial charge in [0.2, 0.25) is 10.0 Å². The molecule has 9 heteroatoms. The summed E-state index contributed by atoms with van der Waals surface area (Å²) in [4.78, 5) is -0.624. The monoisotopic (exact) mass is 407 g/mol. The van der Waals surface area contributed by atoms with Crippen molar-refractivity contribution in [3.8, 4) is 16.8 Å². The van der Waals surface area contributed by atoms with E-state index in [1.165, 1.54) is 30.1 Å². The average molecular weight is 407 g/mol. The van der Waals surface area contributed by atoms with E-state index in [4.69, 9.17) is 5.14 Å². The van der Waals surface area contributed by atoms with Gasteiger partial charge in [0.05, 0.1) is 11.3 Å². The van der Waals surface area contributed by atoms with Gasteiger partial charge in [0.1, 0.15) is 4.90 Å². The second-order valence-electron chi connectivity index (χ2n) is 6.70. The number of nitrogens with zero attached hydrogens (tertiary/aromatic N) is 2. The highest BCUT2D eigenvalue weighted by atomic mass is 32.2. The zero-order valence-corrected chi connectivity index (χ0v) is 15.4. The second-order valence-corrected chi connectivity index (χ2v) is 8.23. The third-order valence-electron chi connectivity index (χ3n) is 4.85. The van der Waals surface area contributed by atoms with Crippen LogP contribution in [0.5, 0.6) is 0 Å². The Morgan fingerprint density at radius 2 is 1.79 bits per heavy atom. The van der Waals surface area contributed by atoms with E-state index in [-0.39, 0.29) is 5.56 Å². The second kappa shape index (κ2) is 6.46. The van der Waals surface area contributed by atoms with Crippen LogP contribution in [0.4, 0.5) is 13.2 Å². The van der Waals surface area contributed by atoms with E-state index in [0.717, 1.165) is 35.6 Å². The predicted octanol–water partition coefficient (Wildman–Crippen LogP) is 3.69. The van der Waals surface area contributed by atoms with E-state index < -0.39 is 32.3 Å². The van der Waals surface area contributed by atoms with Crippen LogP contribution < -0.4 is 5.14 Å². The van der Waals surface area contributed by atoms with Gasteiger partial charge in [0.25, 0.3) is 0 Å². The largest absolute Gasteiger partial charge is 0.418 e. The molecule has 0 aliphatic heterocycles. The van der Waals surface area contributed by atoms with Crippen molar-refractivity contribution in [1.82, 2.24) is 9.78 Å². The van der Waals surface area contributed by atoms with Crippen molar-refractivity contribution in [2.45, 2.75) is 30.3 Å². The summed E-state index contributed by atoms with van der Waals surface area (Å²) >= 11 is 0. The van der Waals surface area contributed by atoms with Gasteiger partial charge >= 0.3 is 6.18 Å². The maximum atomic E-state index is 13.8. The minimum Gasteiger partial charge on any atom is -0.239 e. The van der Waals surface area contributed by atoms with Crippen LogP contribution in [0.3, 0.4) is 0 Å². The van der Waals surface area contributed by atoms with Crippen molar-refractivity contribution < 1.29 is 21.6 Å². The maximum Gasteiger partial charge on any atom is 0.418 e. The lowest BCUT2D eigenvalue weighted by atomic mass is 9.98. The summed E-state index contributed by atoms with van der Waals surface area (Å²) in [6.45, 7) is 0. The molecule has 0 atom stereocenters. The van der Waals surface area contributed by atoms with Gasteiger partial charge in [-0.25, -0.2) is 18.2 Å². The van der Waals surface area contributed by atoms with Gasteiger partial charge in [-0.1, -0.05) is 18.2 Å². The quantitative estimate of drug-likeness (QED) is 0.719. The normalized spacial score (nSPS) is 14.3. The summed E-state index contributed by atoms with van der Waals surface area (Å²) in [5.41, 5.74) is 1.17. The van der Waals surface area contributed by atoms with E-state index in [1.807, 2.05) is 12.1 Å². The Hall–Kier alpha value is -2.65.